The van der Waals surface area contributed by atoms with Crippen LogP contribution >= 0.6 is 12.4 Å². The summed E-state index contributed by atoms with van der Waals surface area (Å²) in [6.45, 7) is 4.28. The lowest BCUT2D eigenvalue weighted by atomic mass is 9.80. The second-order valence-electron chi connectivity index (χ2n) is 4.04. The van der Waals surface area contributed by atoms with Crippen LogP contribution in [0.5, 0.6) is 0 Å². The van der Waals surface area contributed by atoms with Gasteiger partial charge in [-0.1, -0.05) is 20.3 Å². The maximum Gasteiger partial charge on any atom is 0.319 e. The molecular formula is C10H20ClNO2. The van der Waals surface area contributed by atoms with Crippen LogP contribution in [-0.2, 0) is 9.53 Å². The number of rotatable bonds is 2. The Labute approximate surface area is 91.8 Å². The van der Waals surface area contributed by atoms with Gasteiger partial charge in [-0.3, -0.25) is 4.79 Å². The summed E-state index contributed by atoms with van der Waals surface area (Å²) in [5.41, 5.74) is 5.21. The molecule has 1 aliphatic carbocycles. The third-order valence-electron chi connectivity index (χ3n) is 2.87. The van der Waals surface area contributed by atoms with E-state index in [2.05, 4.69) is 13.8 Å². The highest BCUT2D eigenvalue weighted by Crippen LogP contribution is 2.31. The van der Waals surface area contributed by atoms with E-state index < -0.39 is 0 Å². The summed E-state index contributed by atoms with van der Waals surface area (Å²) in [7, 11) is 0. The SMILES string of the molecule is CC1CCCC(C)C1OC(=O)CN.Cl. The minimum Gasteiger partial charge on any atom is -0.461 e. The van der Waals surface area contributed by atoms with Crippen molar-refractivity contribution in [3.05, 3.63) is 0 Å². The molecule has 2 N–H and O–H groups in total. The lowest BCUT2D eigenvalue weighted by Gasteiger charge is -2.33. The van der Waals surface area contributed by atoms with Crippen molar-refractivity contribution >= 4 is 18.4 Å². The fraction of sp³-hybridized carbons (Fsp3) is 0.900. The molecule has 2 atom stereocenters. The van der Waals surface area contributed by atoms with E-state index in [0.717, 1.165) is 12.8 Å². The van der Waals surface area contributed by atoms with E-state index in [4.69, 9.17) is 10.5 Å². The summed E-state index contributed by atoms with van der Waals surface area (Å²) in [5, 5.41) is 0. The van der Waals surface area contributed by atoms with Gasteiger partial charge in [-0.15, -0.1) is 12.4 Å². The zero-order valence-electron chi connectivity index (χ0n) is 8.86. The molecule has 1 aliphatic rings. The summed E-state index contributed by atoms with van der Waals surface area (Å²) < 4.78 is 5.30. The second-order valence-corrected chi connectivity index (χ2v) is 4.04. The molecule has 0 amide bonds. The molecule has 0 saturated heterocycles. The summed E-state index contributed by atoms with van der Waals surface area (Å²) in [6, 6.07) is 0. The van der Waals surface area contributed by atoms with Crippen LogP contribution in [0.3, 0.4) is 0 Å². The first-order valence-corrected chi connectivity index (χ1v) is 5.04. The van der Waals surface area contributed by atoms with Gasteiger partial charge in [0.05, 0.1) is 6.54 Å². The van der Waals surface area contributed by atoms with Crippen LogP contribution < -0.4 is 5.73 Å². The average Bonchev–Trinajstić information content (AvgIpc) is 2.11. The van der Waals surface area contributed by atoms with Crippen molar-refractivity contribution in [3.63, 3.8) is 0 Å². The zero-order chi connectivity index (χ0) is 9.84. The van der Waals surface area contributed by atoms with Gasteiger partial charge >= 0.3 is 5.97 Å². The molecule has 0 radical (unpaired) electrons. The molecular weight excluding hydrogens is 202 g/mol. The molecule has 84 valence electrons. The molecule has 0 heterocycles. The van der Waals surface area contributed by atoms with Gasteiger partial charge in [0.1, 0.15) is 6.10 Å². The predicted molar refractivity (Wildman–Crippen MR) is 58.4 cm³/mol. The molecule has 2 unspecified atom stereocenters. The number of carbonyl (C=O) groups excluding carboxylic acids is 1. The van der Waals surface area contributed by atoms with E-state index >= 15 is 0 Å². The third kappa shape index (κ3) is 3.46. The van der Waals surface area contributed by atoms with Crippen molar-refractivity contribution in [2.75, 3.05) is 6.54 Å². The highest BCUT2D eigenvalue weighted by atomic mass is 35.5. The summed E-state index contributed by atoms with van der Waals surface area (Å²) >= 11 is 0. The Morgan fingerprint density at radius 1 is 1.36 bits per heavy atom. The molecule has 0 bridgehead atoms. The Bertz CT molecular complexity index is 177. The Balaban J connectivity index is 0.00000169. The molecule has 14 heavy (non-hydrogen) atoms. The van der Waals surface area contributed by atoms with E-state index in [1.165, 1.54) is 6.42 Å². The van der Waals surface area contributed by atoms with Crippen LogP contribution in [0.4, 0.5) is 0 Å². The number of halogens is 1. The van der Waals surface area contributed by atoms with Gasteiger partial charge in [0, 0.05) is 0 Å². The molecule has 4 heteroatoms. The molecule has 1 saturated carbocycles. The first-order valence-electron chi connectivity index (χ1n) is 5.04. The van der Waals surface area contributed by atoms with E-state index in [9.17, 15) is 4.79 Å². The molecule has 1 rings (SSSR count). The van der Waals surface area contributed by atoms with E-state index in [1.54, 1.807) is 0 Å². The monoisotopic (exact) mass is 221 g/mol. The quantitative estimate of drug-likeness (QED) is 0.723. The number of ether oxygens (including phenoxy) is 1. The van der Waals surface area contributed by atoms with Crippen molar-refractivity contribution in [2.24, 2.45) is 17.6 Å². The van der Waals surface area contributed by atoms with Crippen molar-refractivity contribution in [1.29, 1.82) is 0 Å². The third-order valence-corrected chi connectivity index (χ3v) is 2.87. The highest BCUT2D eigenvalue weighted by Gasteiger charge is 2.30. The summed E-state index contributed by atoms with van der Waals surface area (Å²) in [6.07, 6.45) is 3.66. The molecule has 3 nitrogen and oxygen atoms in total. The first kappa shape index (κ1) is 13.7. The Hall–Kier alpha value is -0.280. The average molecular weight is 222 g/mol. The first-order chi connectivity index (χ1) is 6.15. The molecule has 1 fully saturated rings. The van der Waals surface area contributed by atoms with Gasteiger partial charge < -0.3 is 10.5 Å². The van der Waals surface area contributed by atoms with Gasteiger partial charge in [0.15, 0.2) is 0 Å². The smallest absolute Gasteiger partial charge is 0.319 e. The fourth-order valence-electron chi connectivity index (χ4n) is 2.08. The number of hydrogen-bond donors (Lipinski definition) is 1. The minimum atomic E-state index is -0.273. The minimum absolute atomic E-state index is 0. The van der Waals surface area contributed by atoms with Gasteiger partial charge in [0.2, 0.25) is 0 Å². The van der Waals surface area contributed by atoms with Gasteiger partial charge in [-0.25, -0.2) is 0 Å². The maximum atomic E-state index is 11.0. The molecule has 0 spiro atoms. The fourth-order valence-corrected chi connectivity index (χ4v) is 2.08. The Morgan fingerprint density at radius 2 is 1.86 bits per heavy atom. The largest absolute Gasteiger partial charge is 0.461 e. The predicted octanol–water partition coefficient (Wildman–Crippen LogP) is 1.73. The van der Waals surface area contributed by atoms with Crippen LogP contribution in [0.2, 0.25) is 0 Å². The molecule has 0 aromatic heterocycles. The summed E-state index contributed by atoms with van der Waals surface area (Å²) in [4.78, 5) is 11.0. The Morgan fingerprint density at radius 3 is 2.29 bits per heavy atom. The van der Waals surface area contributed by atoms with E-state index in [-0.39, 0.29) is 31.0 Å². The van der Waals surface area contributed by atoms with E-state index in [0.29, 0.717) is 11.8 Å². The van der Waals surface area contributed by atoms with Crippen LogP contribution in [-0.4, -0.2) is 18.6 Å². The second kappa shape index (κ2) is 6.25. The lowest BCUT2D eigenvalue weighted by Crippen LogP contribution is -2.36. The highest BCUT2D eigenvalue weighted by molar-refractivity contribution is 5.85. The van der Waals surface area contributed by atoms with Crippen LogP contribution in [0.15, 0.2) is 0 Å². The number of nitrogens with two attached hydrogens (primary N) is 1. The van der Waals surface area contributed by atoms with Crippen LogP contribution in [0.25, 0.3) is 0 Å². The number of carbonyl (C=O) groups is 1. The van der Waals surface area contributed by atoms with E-state index in [1.807, 2.05) is 0 Å². The van der Waals surface area contributed by atoms with Gasteiger partial charge in [-0.2, -0.15) is 0 Å². The standard InChI is InChI=1S/C10H19NO2.ClH/c1-7-4-3-5-8(2)10(7)13-9(12)6-11;/h7-8,10H,3-6,11H2,1-2H3;1H. The normalized spacial score (nSPS) is 31.8. The van der Waals surface area contributed by atoms with Crippen LogP contribution in [0, 0.1) is 11.8 Å². The van der Waals surface area contributed by atoms with Gasteiger partial charge in [0.25, 0.3) is 0 Å². The van der Waals surface area contributed by atoms with Crippen molar-refractivity contribution in [1.82, 2.24) is 0 Å². The molecule has 0 aliphatic heterocycles. The Kier molecular flexibility index (Phi) is 6.12. The molecule has 0 aromatic carbocycles. The van der Waals surface area contributed by atoms with Crippen molar-refractivity contribution in [2.45, 2.75) is 39.2 Å². The molecule has 0 aromatic rings. The summed E-state index contributed by atoms with van der Waals surface area (Å²) in [5.74, 6) is 0.698. The van der Waals surface area contributed by atoms with Crippen LogP contribution in [0.1, 0.15) is 33.1 Å². The zero-order valence-corrected chi connectivity index (χ0v) is 9.68. The number of esters is 1. The topological polar surface area (TPSA) is 52.3 Å². The maximum absolute atomic E-state index is 11.0. The number of hydrogen-bond acceptors (Lipinski definition) is 3. The van der Waals surface area contributed by atoms with Crippen molar-refractivity contribution in [3.8, 4) is 0 Å². The van der Waals surface area contributed by atoms with Gasteiger partial charge in [-0.05, 0) is 24.7 Å². The van der Waals surface area contributed by atoms with Crippen molar-refractivity contribution < 1.29 is 9.53 Å². The lowest BCUT2D eigenvalue weighted by molar-refractivity contribution is -0.154.